The summed E-state index contributed by atoms with van der Waals surface area (Å²) >= 11 is 3.50. The van der Waals surface area contributed by atoms with Gasteiger partial charge < -0.3 is 0 Å². The van der Waals surface area contributed by atoms with Gasteiger partial charge in [0.25, 0.3) is 0 Å². The zero-order valence-corrected chi connectivity index (χ0v) is 17.6. The predicted molar refractivity (Wildman–Crippen MR) is 112 cm³/mol. The summed E-state index contributed by atoms with van der Waals surface area (Å²) in [6.45, 7) is 2.29. The van der Waals surface area contributed by atoms with Crippen molar-refractivity contribution in [2.75, 3.05) is 5.33 Å². The van der Waals surface area contributed by atoms with Crippen LogP contribution in [0.1, 0.15) is 122 Å². The second-order valence-corrected chi connectivity index (χ2v) is 7.83. The molecule has 0 aliphatic heterocycles. The Morgan fingerprint density at radius 3 is 1.22 bits per heavy atom. The quantitative estimate of drug-likeness (QED) is 0.118. The minimum absolute atomic E-state index is 1.18. The molecule has 0 unspecified atom stereocenters. The Morgan fingerprint density at radius 1 is 0.478 bits per heavy atom. The molecule has 138 valence electrons. The van der Waals surface area contributed by atoms with Crippen molar-refractivity contribution < 1.29 is 0 Å². The minimum atomic E-state index is 1.18. The lowest BCUT2D eigenvalue weighted by Crippen LogP contribution is -1.82. The molecular weight excluding hydrogens is 344 g/mol. The van der Waals surface area contributed by atoms with Gasteiger partial charge in [0.05, 0.1) is 0 Å². The molecular formula is C22H43Br. The normalized spacial score (nSPS) is 11.6. The van der Waals surface area contributed by atoms with Crippen LogP contribution >= 0.6 is 15.9 Å². The summed E-state index contributed by atoms with van der Waals surface area (Å²) in [4.78, 5) is 0. The van der Waals surface area contributed by atoms with Gasteiger partial charge >= 0.3 is 0 Å². The summed E-state index contributed by atoms with van der Waals surface area (Å²) < 4.78 is 0. The number of halogens is 1. The molecule has 0 atom stereocenters. The van der Waals surface area contributed by atoms with Crippen molar-refractivity contribution in [3.05, 3.63) is 12.2 Å². The average Bonchev–Trinajstić information content (AvgIpc) is 2.57. The standard InChI is InChI=1S/C22H43Br/c1-2-3-4-5-6-7-8-9-10-11-12-13-14-15-16-17-18-19-20-21-22-23/h9-10H,2-8,11-22H2,1H3/b10-9+. The predicted octanol–water partition coefficient (Wildman–Crippen LogP) is 8.98. The van der Waals surface area contributed by atoms with Gasteiger partial charge in [0.15, 0.2) is 0 Å². The van der Waals surface area contributed by atoms with Crippen LogP contribution in [0.25, 0.3) is 0 Å². The Labute approximate surface area is 156 Å². The van der Waals surface area contributed by atoms with Crippen molar-refractivity contribution in [1.29, 1.82) is 0 Å². The van der Waals surface area contributed by atoms with Crippen molar-refractivity contribution in [2.24, 2.45) is 0 Å². The van der Waals surface area contributed by atoms with Crippen LogP contribution in [0.2, 0.25) is 0 Å². The van der Waals surface area contributed by atoms with E-state index in [0.29, 0.717) is 0 Å². The van der Waals surface area contributed by atoms with Gasteiger partial charge in [-0.25, -0.2) is 0 Å². The van der Waals surface area contributed by atoms with E-state index in [1.54, 1.807) is 0 Å². The van der Waals surface area contributed by atoms with E-state index in [4.69, 9.17) is 0 Å². The van der Waals surface area contributed by atoms with Gasteiger partial charge in [-0.2, -0.15) is 0 Å². The lowest BCUT2D eigenvalue weighted by atomic mass is 10.1. The molecule has 0 nitrogen and oxygen atoms in total. The number of hydrogen-bond donors (Lipinski definition) is 0. The molecule has 0 amide bonds. The largest absolute Gasteiger partial charge is 0.0928 e. The van der Waals surface area contributed by atoms with Gasteiger partial charge in [-0.1, -0.05) is 118 Å². The second kappa shape index (κ2) is 22.2. The molecule has 0 radical (unpaired) electrons. The van der Waals surface area contributed by atoms with E-state index in [-0.39, 0.29) is 0 Å². The highest BCUT2D eigenvalue weighted by Crippen LogP contribution is 2.12. The zero-order valence-electron chi connectivity index (χ0n) is 16.0. The maximum Gasteiger partial charge on any atom is 0.00313 e. The van der Waals surface area contributed by atoms with Crippen molar-refractivity contribution in [1.82, 2.24) is 0 Å². The maximum atomic E-state index is 3.50. The highest BCUT2D eigenvalue weighted by molar-refractivity contribution is 9.09. The maximum absolute atomic E-state index is 3.50. The molecule has 0 saturated heterocycles. The summed E-state index contributed by atoms with van der Waals surface area (Å²) in [6, 6.07) is 0. The first-order valence-corrected chi connectivity index (χ1v) is 11.7. The van der Waals surface area contributed by atoms with E-state index >= 15 is 0 Å². The molecule has 0 bridgehead atoms. The van der Waals surface area contributed by atoms with Crippen molar-refractivity contribution >= 4 is 15.9 Å². The third-order valence-corrected chi connectivity index (χ3v) is 5.21. The van der Waals surface area contributed by atoms with Crippen LogP contribution in [0.5, 0.6) is 0 Å². The third-order valence-electron chi connectivity index (χ3n) is 4.65. The highest BCUT2D eigenvalue weighted by atomic mass is 79.9. The van der Waals surface area contributed by atoms with Crippen LogP contribution in [-0.4, -0.2) is 5.33 Å². The van der Waals surface area contributed by atoms with Crippen LogP contribution in [0.15, 0.2) is 12.2 Å². The minimum Gasteiger partial charge on any atom is -0.0928 e. The third kappa shape index (κ3) is 22.2. The van der Waals surface area contributed by atoms with Gasteiger partial charge in [-0.15, -0.1) is 0 Å². The molecule has 23 heavy (non-hydrogen) atoms. The summed E-state index contributed by atoms with van der Waals surface area (Å²) in [5, 5.41) is 1.18. The molecule has 0 heterocycles. The summed E-state index contributed by atoms with van der Waals surface area (Å²) in [7, 11) is 0. The van der Waals surface area contributed by atoms with Crippen LogP contribution in [0.3, 0.4) is 0 Å². The fourth-order valence-corrected chi connectivity index (χ4v) is 3.45. The summed E-state index contributed by atoms with van der Waals surface area (Å²) in [6.07, 6.45) is 30.3. The number of alkyl halides is 1. The molecule has 0 fully saturated rings. The fraction of sp³-hybridized carbons (Fsp3) is 0.909. The van der Waals surface area contributed by atoms with Crippen LogP contribution in [0.4, 0.5) is 0 Å². The topological polar surface area (TPSA) is 0 Å². The Hall–Kier alpha value is 0.220. The number of hydrogen-bond acceptors (Lipinski definition) is 0. The summed E-state index contributed by atoms with van der Waals surface area (Å²) in [5.41, 5.74) is 0. The molecule has 0 N–H and O–H groups in total. The Bertz CT molecular complexity index is 222. The van der Waals surface area contributed by atoms with E-state index in [1.165, 1.54) is 121 Å². The van der Waals surface area contributed by atoms with Crippen LogP contribution < -0.4 is 0 Å². The molecule has 0 saturated carbocycles. The SMILES string of the molecule is CCCCCCCC/C=C/CCCCCCCCCCCCBr. The molecule has 0 aromatic carbocycles. The molecule has 0 aromatic rings. The monoisotopic (exact) mass is 386 g/mol. The van der Waals surface area contributed by atoms with E-state index < -0.39 is 0 Å². The van der Waals surface area contributed by atoms with E-state index in [0.717, 1.165) is 0 Å². The second-order valence-electron chi connectivity index (χ2n) is 7.04. The van der Waals surface area contributed by atoms with E-state index in [1.807, 2.05) is 0 Å². The molecule has 0 aliphatic rings. The van der Waals surface area contributed by atoms with Gasteiger partial charge in [0.1, 0.15) is 0 Å². The van der Waals surface area contributed by atoms with Gasteiger partial charge in [-0.05, 0) is 32.1 Å². The van der Waals surface area contributed by atoms with E-state index in [2.05, 4.69) is 35.0 Å². The molecule has 0 spiro atoms. The fourth-order valence-electron chi connectivity index (χ4n) is 3.05. The van der Waals surface area contributed by atoms with Crippen molar-refractivity contribution in [3.63, 3.8) is 0 Å². The molecule has 0 aromatic heterocycles. The van der Waals surface area contributed by atoms with Gasteiger partial charge in [0.2, 0.25) is 0 Å². The lowest BCUT2D eigenvalue weighted by molar-refractivity contribution is 0.558. The molecule has 1 heteroatoms. The number of rotatable bonds is 19. The first kappa shape index (κ1) is 23.2. The van der Waals surface area contributed by atoms with Crippen LogP contribution in [0, 0.1) is 0 Å². The smallest absolute Gasteiger partial charge is 0.00313 e. The summed E-state index contributed by atoms with van der Waals surface area (Å²) in [5.74, 6) is 0. The number of unbranched alkanes of at least 4 members (excludes halogenated alkanes) is 16. The lowest BCUT2D eigenvalue weighted by Gasteiger charge is -2.01. The van der Waals surface area contributed by atoms with Crippen molar-refractivity contribution in [3.8, 4) is 0 Å². The highest BCUT2D eigenvalue weighted by Gasteiger charge is 1.93. The van der Waals surface area contributed by atoms with Gasteiger partial charge in [-0.3, -0.25) is 0 Å². The average molecular weight is 387 g/mol. The van der Waals surface area contributed by atoms with E-state index in [9.17, 15) is 0 Å². The molecule has 0 aliphatic carbocycles. The zero-order chi connectivity index (χ0) is 16.8. The Kier molecular flexibility index (Phi) is 22.4. The van der Waals surface area contributed by atoms with Crippen LogP contribution in [-0.2, 0) is 0 Å². The molecule has 0 rings (SSSR count). The van der Waals surface area contributed by atoms with Crippen molar-refractivity contribution in [2.45, 2.75) is 122 Å². The first-order valence-electron chi connectivity index (χ1n) is 10.6. The number of allylic oxidation sites excluding steroid dienone is 2. The Balaban J connectivity index is 3.02. The first-order chi connectivity index (χ1) is 11.4. The van der Waals surface area contributed by atoms with Gasteiger partial charge in [0, 0.05) is 5.33 Å². The Morgan fingerprint density at radius 2 is 0.826 bits per heavy atom.